The Morgan fingerprint density at radius 3 is 2.67 bits per heavy atom. The molecule has 0 aliphatic carbocycles. The van der Waals surface area contributed by atoms with Crippen molar-refractivity contribution in [3.05, 3.63) is 0 Å². The molecule has 0 fully saturated rings. The van der Waals surface area contributed by atoms with Crippen LogP contribution < -0.4 is 0 Å². The fraction of sp³-hybridized carbons (Fsp3) is 0.833. The Bertz CT molecular complexity index is 93.1. The average Bonchev–Trinajstić information content (AvgIpc) is 1.83. The Kier molecular flexibility index (Phi) is 4.77. The van der Waals surface area contributed by atoms with Gasteiger partial charge in [-0.2, -0.15) is 0 Å². The van der Waals surface area contributed by atoms with Crippen molar-refractivity contribution in [1.29, 1.82) is 0 Å². The zero-order valence-electron chi connectivity index (χ0n) is 5.69. The third-order valence-electron chi connectivity index (χ3n) is 0.835. The van der Waals surface area contributed by atoms with Crippen molar-refractivity contribution < 1.29 is 9.53 Å². The lowest BCUT2D eigenvalue weighted by atomic mass is 10.2. The molecule has 0 aromatic rings. The van der Waals surface area contributed by atoms with Crippen molar-refractivity contribution in [2.75, 3.05) is 11.9 Å². The molecule has 0 spiro atoms. The van der Waals surface area contributed by atoms with Crippen molar-refractivity contribution in [1.82, 2.24) is 0 Å². The van der Waals surface area contributed by atoms with Crippen molar-refractivity contribution in [2.24, 2.45) is 5.92 Å². The Morgan fingerprint density at radius 2 is 2.33 bits per heavy atom. The number of carbonyl (C=O) groups excluding carboxylic acids is 1. The van der Waals surface area contributed by atoms with Crippen LogP contribution in [0.3, 0.4) is 0 Å². The Labute approximate surface area is 63.7 Å². The van der Waals surface area contributed by atoms with Gasteiger partial charge in [-0.05, 0) is 5.92 Å². The second-order valence-electron chi connectivity index (χ2n) is 2.06. The summed E-state index contributed by atoms with van der Waals surface area (Å²) in [7, 11) is 0. The number of hydrogen-bond donors (Lipinski definition) is 0. The number of esters is 1. The van der Waals surface area contributed by atoms with E-state index in [4.69, 9.17) is 4.74 Å². The predicted molar refractivity (Wildman–Crippen MR) is 39.6 cm³/mol. The van der Waals surface area contributed by atoms with E-state index >= 15 is 0 Å². The highest BCUT2D eigenvalue weighted by Gasteiger charge is 2.00. The van der Waals surface area contributed by atoms with Gasteiger partial charge in [-0.3, -0.25) is 4.79 Å². The van der Waals surface area contributed by atoms with Gasteiger partial charge in [0.2, 0.25) is 0 Å². The van der Waals surface area contributed by atoms with Gasteiger partial charge >= 0.3 is 5.97 Å². The van der Waals surface area contributed by atoms with Gasteiger partial charge in [0.15, 0.2) is 0 Å². The van der Waals surface area contributed by atoms with E-state index in [0.29, 0.717) is 12.5 Å². The van der Waals surface area contributed by atoms with E-state index < -0.39 is 0 Å². The van der Waals surface area contributed by atoms with Crippen LogP contribution in [0.1, 0.15) is 13.8 Å². The summed E-state index contributed by atoms with van der Waals surface area (Å²) in [6, 6.07) is 0. The molecule has 0 radical (unpaired) electrons. The van der Waals surface area contributed by atoms with Crippen LogP contribution in [0.2, 0.25) is 0 Å². The van der Waals surface area contributed by atoms with Crippen LogP contribution in [0.25, 0.3) is 0 Å². The van der Waals surface area contributed by atoms with Crippen molar-refractivity contribution in [3.63, 3.8) is 0 Å². The first-order valence-electron chi connectivity index (χ1n) is 2.86. The van der Waals surface area contributed by atoms with E-state index in [9.17, 15) is 4.79 Å². The maximum Gasteiger partial charge on any atom is 0.302 e. The van der Waals surface area contributed by atoms with Crippen LogP contribution in [0, 0.1) is 5.92 Å². The number of hydrogen-bond acceptors (Lipinski definition) is 2. The fourth-order valence-corrected chi connectivity index (χ4v) is 0.491. The Morgan fingerprint density at radius 1 is 1.78 bits per heavy atom. The van der Waals surface area contributed by atoms with Crippen LogP contribution in [0.4, 0.5) is 0 Å². The number of rotatable bonds is 3. The minimum absolute atomic E-state index is 0.206. The molecule has 1 atom stereocenters. The molecule has 3 heteroatoms. The van der Waals surface area contributed by atoms with E-state index in [-0.39, 0.29) is 5.97 Å². The molecule has 0 rings (SSSR count). The fourth-order valence-electron chi connectivity index (χ4n) is 0.304. The SMILES string of the molecule is CC(=O)OC[C@@H](C)CBr. The summed E-state index contributed by atoms with van der Waals surface area (Å²) < 4.78 is 4.73. The van der Waals surface area contributed by atoms with Crippen molar-refractivity contribution >= 4 is 21.9 Å². The molecule has 0 aliphatic rings. The van der Waals surface area contributed by atoms with E-state index in [1.165, 1.54) is 6.92 Å². The third-order valence-corrected chi connectivity index (χ3v) is 1.94. The zero-order chi connectivity index (χ0) is 7.28. The lowest BCUT2D eigenvalue weighted by Crippen LogP contribution is -2.09. The number of ether oxygens (including phenoxy) is 1. The standard InChI is InChI=1S/C6H11BrO2/c1-5(3-7)4-9-6(2)8/h5H,3-4H2,1-2H3/t5-/m0/s1. The highest BCUT2D eigenvalue weighted by atomic mass is 79.9. The largest absolute Gasteiger partial charge is 0.466 e. The van der Waals surface area contributed by atoms with Gasteiger partial charge in [0.1, 0.15) is 0 Å². The van der Waals surface area contributed by atoms with Gasteiger partial charge in [0, 0.05) is 12.3 Å². The van der Waals surface area contributed by atoms with Gasteiger partial charge < -0.3 is 4.74 Å². The summed E-state index contributed by atoms with van der Waals surface area (Å²) in [6.07, 6.45) is 0. The first kappa shape index (κ1) is 8.95. The predicted octanol–water partition coefficient (Wildman–Crippen LogP) is 1.58. The van der Waals surface area contributed by atoms with E-state index in [1.807, 2.05) is 6.92 Å². The second-order valence-corrected chi connectivity index (χ2v) is 2.71. The molecule has 0 heterocycles. The summed E-state index contributed by atoms with van der Waals surface area (Å²) >= 11 is 3.27. The Hall–Kier alpha value is -0.0500. The summed E-state index contributed by atoms with van der Waals surface area (Å²) in [5.74, 6) is 0.205. The molecule has 0 saturated heterocycles. The molecule has 0 N–H and O–H groups in total. The van der Waals surface area contributed by atoms with E-state index in [1.54, 1.807) is 0 Å². The highest BCUT2D eigenvalue weighted by molar-refractivity contribution is 9.09. The van der Waals surface area contributed by atoms with Crippen LogP contribution >= 0.6 is 15.9 Å². The molecule has 0 aromatic carbocycles. The molecule has 54 valence electrons. The van der Waals surface area contributed by atoms with E-state index in [0.717, 1.165) is 5.33 Å². The maximum absolute atomic E-state index is 10.2. The summed E-state index contributed by atoms with van der Waals surface area (Å²) in [5, 5.41) is 0.875. The first-order valence-corrected chi connectivity index (χ1v) is 3.98. The molecule has 0 amide bonds. The van der Waals surface area contributed by atoms with Gasteiger partial charge in [0.25, 0.3) is 0 Å². The van der Waals surface area contributed by atoms with E-state index in [2.05, 4.69) is 15.9 Å². The minimum Gasteiger partial charge on any atom is -0.466 e. The van der Waals surface area contributed by atoms with Crippen molar-refractivity contribution in [2.45, 2.75) is 13.8 Å². The maximum atomic E-state index is 10.2. The van der Waals surface area contributed by atoms with Gasteiger partial charge in [-0.1, -0.05) is 22.9 Å². The quantitative estimate of drug-likeness (QED) is 0.504. The molecule has 0 unspecified atom stereocenters. The molecule has 9 heavy (non-hydrogen) atoms. The molecular weight excluding hydrogens is 184 g/mol. The molecule has 0 aliphatic heterocycles. The summed E-state index contributed by atoms with van der Waals surface area (Å²) in [5.41, 5.74) is 0. The van der Waals surface area contributed by atoms with Crippen LogP contribution in [-0.4, -0.2) is 17.9 Å². The first-order chi connectivity index (χ1) is 4.16. The Balaban J connectivity index is 3.16. The summed E-state index contributed by atoms with van der Waals surface area (Å²) in [6.45, 7) is 3.94. The van der Waals surface area contributed by atoms with Gasteiger partial charge in [-0.25, -0.2) is 0 Å². The summed E-state index contributed by atoms with van der Waals surface area (Å²) in [4.78, 5) is 10.2. The number of alkyl halides is 1. The molecule has 2 nitrogen and oxygen atoms in total. The monoisotopic (exact) mass is 194 g/mol. The van der Waals surface area contributed by atoms with Crippen molar-refractivity contribution in [3.8, 4) is 0 Å². The lowest BCUT2D eigenvalue weighted by molar-refractivity contribution is -0.141. The normalized spacial score (nSPS) is 12.8. The smallest absolute Gasteiger partial charge is 0.302 e. The molecule has 0 bridgehead atoms. The van der Waals surface area contributed by atoms with Crippen LogP contribution in [0.5, 0.6) is 0 Å². The minimum atomic E-state index is -0.206. The highest BCUT2D eigenvalue weighted by Crippen LogP contribution is 1.99. The number of carbonyl (C=O) groups is 1. The average molecular weight is 195 g/mol. The molecular formula is C6H11BrO2. The zero-order valence-corrected chi connectivity index (χ0v) is 7.27. The second kappa shape index (κ2) is 4.79. The lowest BCUT2D eigenvalue weighted by Gasteiger charge is -2.05. The molecule has 0 aromatic heterocycles. The topological polar surface area (TPSA) is 26.3 Å². The van der Waals surface area contributed by atoms with Crippen LogP contribution in [0.15, 0.2) is 0 Å². The van der Waals surface area contributed by atoms with Gasteiger partial charge in [-0.15, -0.1) is 0 Å². The molecule has 0 saturated carbocycles. The van der Waals surface area contributed by atoms with Gasteiger partial charge in [0.05, 0.1) is 6.61 Å². The third kappa shape index (κ3) is 5.83. The number of halogens is 1. The van der Waals surface area contributed by atoms with Crippen LogP contribution in [-0.2, 0) is 9.53 Å².